The fourth-order valence-electron chi connectivity index (χ4n) is 4.40. The van der Waals surface area contributed by atoms with Crippen molar-refractivity contribution in [2.45, 2.75) is 111 Å². The van der Waals surface area contributed by atoms with E-state index in [0.717, 1.165) is 12.8 Å². The minimum absolute atomic E-state index is 0.0820. The molecule has 226 valence electrons. The molecule has 0 aromatic heterocycles. The fourth-order valence-corrected chi connectivity index (χ4v) is 4.40. The van der Waals surface area contributed by atoms with Crippen LogP contribution < -0.4 is 21.3 Å². The minimum Gasteiger partial charge on any atom is -0.366 e. The molecule has 0 aliphatic carbocycles. The molecule has 1 rings (SSSR count). The Balaban J connectivity index is 3.08. The third kappa shape index (κ3) is 13.1. The lowest BCUT2D eigenvalue weighted by Gasteiger charge is -2.34. The number of carbonyl (C=O) groups is 3. The summed E-state index contributed by atoms with van der Waals surface area (Å²) >= 11 is 0. The standard InChI is InChI=1S/C27H48F3N5O4/c1-24(2,3)13-19(34-22(37)20(25(4,5)6)35-23(38)27(28,29)30)21(36)33-18(14-31-9)12-17-10-11-26(7,8)32-16-39-15-17/h17-20,32H,9-16H2,1-8H3,(H,33,36)(H,34,37)(H,35,38)/t17-,18-,19-,20+/m0/s1. The Morgan fingerprint density at radius 3 is 2.18 bits per heavy atom. The van der Waals surface area contributed by atoms with Gasteiger partial charge in [0.05, 0.1) is 19.9 Å². The number of hydrogen-bond donors (Lipinski definition) is 4. The third-order valence-corrected chi connectivity index (χ3v) is 6.61. The van der Waals surface area contributed by atoms with Crippen molar-refractivity contribution in [2.24, 2.45) is 21.7 Å². The van der Waals surface area contributed by atoms with Crippen molar-refractivity contribution in [3.63, 3.8) is 0 Å². The summed E-state index contributed by atoms with van der Waals surface area (Å²) in [6.45, 7) is 19.2. The van der Waals surface area contributed by atoms with Crippen molar-refractivity contribution in [2.75, 3.05) is 19.9 Å². The first-order valence-electron chi connectivity index (χ1n) is 13.4. The number of halogens is 3. The maximum atomic E-state index is 13.5. The normalized spacial score (nSPS) is 20.9. The lowest BCUT2D eigenvalue weighted by atomic mass is 9.84. The smallest absolute Gasteiger partial charge is 0.366 e. The van der Waals surface area contributed by atoms with Gasteiger partial charge in [-0.1, -0.05) is 41.5 Å². The molecule has 39 heavy (non-hydrogen) atoms. The van der Waals surface area contributed by atoms with Crippen molar-refractivity contribution in [1.29, 1.82) is 0 Å². The number of nitrogens with zero attached hydrogens (tertiary/aromatic N) is 1. The molecule has 4 N–H and O–H groups in total. The molecule has 0 spiro atoms. The molecule has 12 heteroatoms. The van der Waals surface area contributed by atoms with E-state index in [4.69, 9.17) is 4.74 Å². The van der Waals surface area contributed by atoms with Crippen LogP contribution >= 0.6 is 0 Å². The summed E-state index contributed by atoms with van der Waals surface area (Å²) in [4.78, 5) is 42.3. The average Bonchev–Trinajstić information content (AvgIpc) is 2.74. The van der Waals surface area contributed by atoms with Crippen LogP contribution in [-0.4, -0.2) is 74.2 Å². The van der Waals surface area contributed by atoms with Crippen LogP contribution in [0.5, 0.6) is 0 Å². The van der Waals surface area contributed by atoms with Crippen LogP contribution in [0.4, 0.5) is 13.2 Å². The van der Waals surface area contributed by atoms with Crippen LogP contribution in [0.3, 0.4) is 0 Å². The predicted molar refractivity (Wildman–Crippen MR) is 145 cm³/mol. The molecule has 3 amide bonds. The van der Waals surface area contributed by atoms with Gasteiger partial charge in [-0.05, 0) is 63.0 Å². The number of hydrogen-bond acceptors (Lipinski definition) is 6. The molecular weight excluding hydrogens is 515 g/mol. The van der Waals surface area contributed by atoms with Crippen molar-refractivity contribution in [3.05, 3.63) is 0 Å². The Labute approximate surface area is 230 Å². The summed E-state index contributed by atoms with van der Waals surface area (Å²) in [5, 5.41) is 10.7. The first kappa shape index (κ1) is 34.8. The Morgan fingerprint density at radius 2 is 1.67 bits per heavy atom. The Kier molecular flexibility index (Phi) is 12.4. The van der Waals surface area contributed by atoms with Gasteiger partial charge in [-0.15, -0.1) is 0 Å². The highest BCUT2D eigenvalue weighted by molar-refractivity contribution is 5.93. The van der Waals surface area contributed by atoms with Gasteiger partial charge in [0, 0.05) is 11.6 Å². The van der Waals surface area contributed by atoms with E-state index in [-0.39, 0.29) is 30.5 Å². The van der Waals surface area contributed by atoms with Gasteiger partial charge >= 0.3 is 12.1 Å². The average molecular weight is 564 g/mol. The maximum absolute atomic E-state index is 13.5. The molecule has 4 atom stereocenters. The molecule has 1 aliphatic heterocycles. The zero-order chi connectivity index (χ0) is 30.2. The van der Waals surface area contributed by atoms with E-state index in [1.165, 1.54) is 20.8 Å². The summed E-state index contributed by atoms with van der Waals surface area (Å²) < 4.78 is 44.6. The van der Waals surface area contributed by atoms with Gasteiger partial charge in [-0.25, -0.2) is 0 Å². The second-order valence-electron chi connectivity index (χ2n) is 13.4. The molecule has 1 fully saturated rings. The number of carbonyl (C=O) groups excluding carboxylic acids is 3. The van der Waals surface area contributed by atoms with Crippen LogP contribution in [0.25, 0.3) is 0 Å². The highest BCUT2D eigenvalue weighted by Crippen LogP contribution is 2.26. The zero-order valence-electron chi connectivity index (χ0n) is 24.7. The summed E-state index contributed by atoms with van der Waals surface area (Å²) in [7, 11) is 0. The van der Waals surface area contributed by atoms with Gasteiger partial charge in [0.25, 0.3) is 0 Å². The topological polar surface area (TPSA) is 121 Å². The number of amides is 3. The van der Waals surface area contributed by atoms with E-state index in [0.29, 0.717) is 19.8 Å². The number of rotatable bonds is 10. The first-order chi connectivity index (χ1) is 17.6. The molecule has 1 heterocycles. The van der Waals surface area contributed by atoms with Gasteiger partial charge in [0.1, 0.15) is 12.1 Å². The summed E-state index contributed by atoms with van der Waals surface area (Å²) in [6, 6.07) is -2.94. The lowest BCUT2D eigenvalue weighted by Crippen LogP contribution is -2.60. The van der Waals surface area contributed by atoms with Gasteiger partial charge in [0.15, 0.2) is 0 Å². The second-order valence-corrected chi connectivity index (χ2v) is 13.4. The van der Waals surface area contributed by atoms with E-state index in [2.05, 4.69) is 41.5 Å². The monoisotopic (exact) mass is 563 g/mol. The van der Waals surface area contributed by atoms with Crippen LogP contribution in [-0.2, 0) is 19.1 Å². The second kappa shape index (κ2) is 13.9. The van der Waals surface area contributed by atoms with Gasteiger partial charge < -0.3 is 20.7 Å². The van der Waals surface area contributed by atoms with Gasteiger partial charge in [-0.3, -0.25) is 24.7 Å². The van der Waals surface area contributed by atoms with E-state index in [1.807, 2.05) is 20.8 Å². The molecule has 1 saturated heterocycles. The molecule has 0 saturated carbocycles. The van der Waals surface area contributed by atoms with E-state index < -0.39 is 46.8 Å². The van der Waals surface area contributed by atoms with Crippen molar-refractivity contribution >= 4 is 24.4 Å². The Morgan fingerprint density at radius 1 is 1.05 bits per heavy atom. The largest absolute Gasteiger partial charge is 0.471 e. The van der Waals surface area contributed by atoms with E-state index in [9.17, 15) is 27.6 Å². The molecule has 1 aliphatic rings. The first-order valence-corrected chi connectivity index (χ1v) is 13.4. The van der Waals surface area contributed by atoms with Crippen LogP contribution in [0.2, 0.25) is 0 Å². The van der Waals surface area contributed by atoms with Crippen molar-refractivity contribution in [3.8, 4) is 0 Å². The molecule has 0 radical (unpaired) electrons. The van der Waals surface area contributed by atoms with Gasteiger partial charge in [0.2, 0.25) is 11.8 Å². The maximum Gasteiger partial charge on any atom is 0.471 e. The minimum atomic E-state index is -5.15. The third-order valence-electron chi connectivity index (χ3n) is 6.61. The summed E-state index contributed by atoms with van der Waals surface area (Å²) in [5.74, 6) is -3.40. The van der Waals surface area contributed by atoms with Crippen LogP contribution in [0.15, 0.2) is 4.99 Å². The highest BCUT2D eigenvalue weighted by atomic mass is 19.4. The lowest BCUT2D eigenvalue weighted by molar-refractivity contribution is -0.175. The Bertz CT molecular complexity index is 850. The number of nitrogens with one attached hydrogen (secondary N) is 4. The number of ether oxygens (including phenoxy) is 1. The quantitative estimate of drug-likeness (QED) is 0.304. The highest BCUT2D eigenvalue weighted by Gasteiger charge is 2.44. The molecule has 0 aromatic rings. The Hall–Kier alpha value is -2.21. The van der Waals surface area contributed by atoms with E-state index in [1.54, 1.807) is 5.32 Å². The van der Waals surface area contributed by atoms with Crippen LogP contribution in [0, 0.1) is 16.7 Å². The zero-order valence-corrected chi connectivity index (χ0v) is 24.7. The van der Waals surface area contributed by atoms with Crippen molar-refractivity contribution < 1.29 is 32.3 Å². The SMILES string of the molecule is C=NC[C@H](C[C@@H]1CCC(C)(C)NCOC1)NC(=O)[C@H](CC(C)(C)C)NC(=O)[C@@H](NC(=O)C(F)(F)F)C(C)(C)C. The molecule has 0 bridgehead atoms. The fraction of sp³-hybridized carbons (Fsp3) is 0.852. The molecule has 0 unspecified atom stereocenters. The summed E-state index contributed by atoms with van der Waals surface area (Å²) in [6.07, 6.45) is -2.55. The van der Waals surface area contributed by atoms with Gasteiger partial charge in [-0.2, -0.15) is 13.2 Å². The van der Waals surface area contributed by atoms with E-state index >= 15 is 0 Å². The number of alkyl halides is 3. The summed E-state index contributed by atoms with van der Waals surface area (Å²) in [5.41, 5.74) is -1.54. The molecular formula is C27H48F3N5O4. The van der Waals surface area contributed by atoms with Crippen LogP contribution in [0.1, 0.15) is 81.1 Å². The molecule has 0 aromatic carbocycles. The number of aliphatic imine (C=N–C) groups is 1. The predicted octanol–water partition coefficient (Wildman–Crippen LogP) is 3.33. The van der Waals surface area contributed by atoms with Crippen molar-refractivity contribution in [1.82, 2.24) is 21.3 Å². The molecule has 9 nitrogen and oxygen atoms in total.